The van der Waals surface area contributed by atoms with Crippen molar-refractivity contribution in [3.05, 3.63) is 53.9 Å². The third-order valence-electron chi connectivity index (χ3n) is 4.13. The molecule has 1 amide bonds. The van der Waals surface area contributed by atoms with Gasteiger partial charge in [0.1, 0.15) is 11.3 Å². The summed E-state index contributed by atoms with van der Waals surface area (Å²) >= 11 is 2.86. The van der Waals surface area contributed by atoms with Gasteiger partial charge in [-0.15, -0.1) is 11.3 Å². The molecule has 4 aromatic rings. The minimum Gasteiger partial charge on any atom is -0.506 e. The minimum absolute atomic E-state index is 0.0742. The minimum atomic E-state index is -0.239. The van der Waals surface area contributed by atoms with Crippen LogP contribution in [0.5, 0.6) is 5.75 Å². The molecule has 2 aromatic carbocycles. The Bertz CT molecular complexity index is 1310. The molecule has 0 saturated heterocycles. The summed E-state index contributed by atoms with van der Waals surface area (Å²) in [6, 6.07) is 9.31. The third kappa shape index (κ3) is 3.87. The lowest BCUT2D eigenvalue weighted by atomic mass is 10.2. The number of nitrogens with one attached hydrogen (secondary N) is 2. The smallest absolute Gasteiger partial charge is 0.247 e. The molecule has 8 heteroatoms. The number of carbonyl (C=O) groups excluding carboxylic acids is 1. The van der Waals surface area contributed by atoms with Gasteiger partial charge in [0, 0.05) is 16.3 Å². The second-order valence-corrected chi connectivity index (χ2v) is 8.02. The average Bonchev–Trinajstić information content (AvgIpc) is 3.29. The first-order chi connectivity index (χ1) is 14.0. The molecule has 4 rings (SSSR count). The van der Waals surface area contributed by atoms with E-state index >= 15 is 0 Å². The fourth-order valence-electron chi connectivity index (χ4n) is 2.86. The first-order valence-electron chi connectivity index (χ1n) is 8.60. The Morgan fingerprint density at radius 2 is 2.21 bits per heavy atom. The van der Waals surface area contributed by atoms with Gasteiger partial charge in [0.2, 0.25) is 5.91 Å². The number of anilines is 3. The van der Waals surface area contributed by atoms with E-state index in [-0.39, 0.29) is 11.7 Å². The summed E-state index contributed by atoms with van der Waals surface area (Å²) in [6.07, 6.45) is 1.25. The van der Waals surface area contributed by atoms with Crippen LogP contribution in [0.15, 0.2) is 48.4 Å². The molecule has 0 bridgehead atoms. The average molecular weight is 421 g/mol. The van der Waals surface area contributed by atoms with Gasteiger partial charge < -0.3 is 21.5 Å². The molecular formula is C21H16N4O2S2. The molecule has 2 aromatic heterocycles. The van der Waals surface area contributed by atoms with Gasteiger partial charge in [0.05, 0.1) is 27.3 Å². The fraction of sp³-hybridized carbons (Fsp3) is 0.0476. The Labute approximate surface area is 174 Å². The predicted molar refractivity (Wildman–Crippen MR) is 122 cm³/mol. The second-order valence-electron chi connectivity index (χ2n) is 6.07. The van der Waals surface area contributed by atoms with Crippen LogP contribution in [0.1, 0.15) is 5.56 Å². The van der Waals surface area contributed by atoms with Crippen LogP contribution in [0.2, 0.25) is 0 Å². The summed E-state index contributed by atoms with van der Waals surface area (Å²) in [5, 5.41) is 19.5. The van der Waals surface area contributed by atoms with Crippen LogP contribution in [-0.4, -0.2) is 22.5 Å². The number of benzene rings is 2. The number of amides is 1. The molecule has 29 heavy (non-hydrogen) atoms. The van der Waals surface area contributed by atoms with E-state index in [4.69, 9.17) is 5.73 Å². The van der Waals surface area contributed by atoms with E-state index in [1.807, 2.05) is 29.6 Å². The molecule has 0 aliphatic heterocycles. The van der Waals surface area contributed by atoms with Crippen LogP contribution < -0.4 is 16.4 Å². The third-order valence-corrected chi connectivity index (χ3v) is 6.00. The summed E-state index contributed by atoms with van der Waals surface area (Å²) in [7, 11) is 0. The SMILES string of the molecule is C=CC(=O)Nc1csc2c(NCC#Cc3cc(O)c4nc(N)sc4c3)cccc12. The van der Waals surface area contributed by atoms with Gasteiger partial charge in [-0.3, -0.25) is 4.79 Å². The molecule has 0 fully saturated rings. The maximum Gasteiger partial charge on any atom is 0.247 e. The number of aromatic hydroxyl groups is 1. The zero-order chi connectivity index (χ0) is 20.4. The number of fused-ring (bicyclic) bond motifs is 2. The molecule has 0 radical (unpaired) electrons. The Balaban J connectivity index is 1.51. The normalized spacial score (nSPS) is 10.5. The van der Waals surface area contributed by atoms with E-state index in [0.29, 0.717) is 22.8 Å². The first kappa shape index (κ1) is 18.8. The van der Waals surface area contributed by atoms with Crippen molar-refractivity contribution < 1.29 is 9.90 Å². The van der Waals surface area contributed by atoms with Gasteiger partial charge in [-0.25, -0.2) is 4.98 Å². The van der Waals surface area contributed by atoms with Gasteiger partial charge in [-0.1, -0.05) is 41.9 Å². The molecule has 0 aliphatic rings. The number of aromatic nitrogens is 1. The fourth-order valence-corrected chi connectivity index (χ4v) is 4.65. The number of phenols is 1. The van der Waals surface area contributed by atoms with Crippen LogP contribution in [0.4, 0.5) is 16.5 Å². The van der Waals surface area contributed by atoms with Crippen molar-refractivity contribution in [1.82, 2.24) is 4.98 Å². The number of hydrogen-bond acceptors (Lipinski definition) is 7. The van der Waals surface area contributed by atoms with Gasteiger partial charge in [-0.05, 0) is 24.3 Å². The predicted octanol–water partition coefficient (Wildman–Crippen LogP) is 4.39. The van der Waals surface area contributed by atoms with E-state index in [0.717, 1.165) is 26.2 Å². The second kappa shape index (κ2) is 7.83. The summed E-state index contributed by atoms with van der Waals surface area (Å²) in [4.78, 5) is 15.7. The highest BCUT2D eigenvalue weighted by molar-refractivity contribution is 7.22. The molecule has 0 spiro atoms. The van der Waals surface area contributed by atoms with Gasteiger partial charge in [0.25, 0.3) is 0 Å². The topological polar surface area (TPSA) is 100 Å². The molecule has 5 N–H and O–H groups in total. The lowest BCUT2D eigenvalue weighted by molar-refractivity contribution is -0.111. The van der Waals surface area contributed by atoms with E-state index in [2.05, 4.69) is 34.0 Å². The van der Waals surface area contributed by atoms with Crippen LogP contribution in [0.3, 0.4) is 0 Å². The van der Waals surface area contributed by atoms with Gasteiger partial charge >= 0.3 is 0 Å². The monoisotopic (exact) mass is 420 g/mol. The Morgan fingerprint density at radius 3 is 3.03 bits per heavy atom. The Hall–Kier alpha value is -3.54. The van der Waals surface area contributed by atoms with E-state index in [1.165, 1.54) is 17.4 Å². The molecule has 0 unspecified atom stereocenters. The van der Waals surface area contributed by atoms with Crippen LogP contribution in [-0.2, 0) is 4.79 Å². The quantitative estimate of drug-likeness (QED) is 0.290. The number of thiazole rings is 1. The van der Waals surface area contributed by atoms with Crippen molar-refractivity contribution in [2.75, 3.05) is 22.9 Å². The van der Waals surface area contributed by atoms with Crippen molar-refractivity contribution >= 4 is 65.4 Å². The van der Waals surface area contributed by atoms with E-state index in [9.17, 15) is 9.90 Å². The number of nitrogens with two attached hydrogens (primary N) is 1. The number of hydrogen-bond donors (Lipinski definition) is 4. The number of nitrogen functional groups attached to an aromatic ring is 1. The van der Waals surface area contributed by atoms with Crippen LogP contribution >= 0.6 is 22.7 Å². The van der Waals surface area contributed by atoms with Crippen molar-refractivity contribution in [3.8, 4) is 17.6 Å². The van der Waals surface area contributed by atoms with Crippen LogP contribution in [0, 0.1) is 11.8 Å². The van der Waals surface area contributed by atoms with Crippen molar-refractivity contribution in [3.63, 3.8) is 0 Å². The highest BCUT2D eigenvalue weighted by Gasteiger charge is 2.09. The number of phenolic OH excluding ortho intramolecular Hbond substituents is 1. The lowest BCUT2D eigenvalue weighted by Crippen LogP contribution is -2.06. The summed E-state index contributed by atoms with van der Waals surface area (Å²) in [5.74, 6) is 5.94. The largest absolute Gasteiger partial charge is 0.506 e. The van der Waals surface area contributed by atoms with Gasteiger partial charge in [-0.2, -0.15) is 0 Å². The molecule has 0 aliphatic carbocycles. The van der Waals surface area contributed by atoms with Crippen molar-refractivity contribution in [1.29, 1.82) is 0 Å². The maximum atomic E-state index is 11.6. The molecule has 0 saturated carbocycles. The maximum absolute atomic E-state index is 11.6. The number of nitrogens with zero attached hydrogens (tertiary/aromatic N) is 1. The summed E-state index contributed by atoms with van der Waals surface area (Å²) in [5.41, 5.74) is 8.60. The zero-order valence-corrected chi connectivity index (χ0v) is 16.8. The highest BCUT2D eigenvalue weighted by Crippen LogP contribution is 2.35. The summed E-state index contributed by atoms with van der Waals surface area (Å²) in [6.45, 7) is 3.90. The number of thiophene rings is 1. The molecule has 0 atom stereocenters. The van der Waals surface area contributed by atoms with E-state index < -0.39 is 0 Å². The zero-order valence-electron chi connectivity index (χ0n) is 15.2. The molecule has 2 heterocycles. The van der Waals surface area contributed by atoms with Crippen molar-refractivity contribution in [2.45, 2.75) is 0 Å². The van der Waals surface area contributed by atoms with E-state index in [1.54, 1.807) is 17.4 Å². The van der Waals surface area contributed by atoms with Gasteiger partial charge in [0.15, 0.2) is 5.13 Å². The lowest BCUT2D eigenvalue weighted by Gasteiger charge is -2.05. The molecular weight excluding hydrogens is 404 g/mol. The van der Waals surface area contributed by atoms with Crippen LogP contribution in [0.25, 0.3) is 20.3 Å². The Morgan fingerprint density at radius 1 is 1.34 bits per heavy atom. The number of carbonyl (C=O) groups is 1. The standard InChI is InChI=1S/C21H16N4O2S2/c1-2-18(27)24-15-11-28-20-13(15)6-3-7-14(20)23-8-4-5-12-9-16(26)19-17(10-12)29-21(22)25-19/h2-3,6-7,9-11,23,26H,1,8H2,(H2,22,25)(H,24,27). The molecule has 6 nitrogen and oxygen atoms in total. The summed E-state index contributed by atoms with van der Waals surface area (Å²) < 4.78 is 1.84. The van der Waals surface area contributed by atoms with Crippen molar-refractivity contribution in [2.24, 2.45) is 0 Å². The first-order valence-corrected chi connectivity index (χ1v) is 10.3. The molecule has 144 valence electrons. The highest BCUT2D eigenvalue weighted by atomic mass is 32.1. The number of rotatable bonds is 4. The Kier molecular flexibility index (Phi) is 5.08.